The van der Waals surface area contributed by atoms with Crippen molar-refractivity contribution in [2.75, 3.05) is 0 Å². The Bertz CT molecular complexity index is 640. The van der Waals surface area contributed by atoms with Crippen molar-refractivity contribution >= 4 is 23.6 Å². The standard InChI is InChI=1S/C10H7N3O6/c1-2-3(8(14)15)4(9(16)17)5(10(18)19)7-6(2)11-13-12-7/h2H,1H3,(H,14,15)(H,16,17)(H,18,19). The van der Waals surface area contributed by atoms with Gasteiger partial charge in [-0.15, -0.1) is 10.2 Å². The van der Waals surface area contributed by atoms with Gasteiger partial charge >= 0.3 is 17.9 Å². The molecular formula is C10H7N3O6. The molecule has 1 aliphatic heterocycles. The summed E-state index contributed by atoms with van der Waals surface area (Å²) in [6.45, 7) is 1.40. The number of hydrogen-bond acceptors (Lipinski definition) is 6. The van der Waals surface area contributed by atoms with Gasteiger partial charge < -0.3 is 15.3 Å². The van der Waals surface area contributed by atoms with Crippen molar-refractivity contribution in [3.05, 3.63) is 22.4 Å². The third kappa shape index (κ3) is 1.71. The molecule has 3 N–H and O–H groups in total. The number of allylic oxidation sites excluding steroid dienone is 1. The number of rotatable bonds is 3. The van der Waals surface area contributed by atoms with E-state index in [1.165, 1.54) is 6.92 Å². The Kier molecular flexibility index (Phi) is 2.74. The van der Waals surface area contributed by atoms with Crippen LogP contribution >= 0.6 is 0 Å². The van der Waals surface area contributed by atoms with Gasteiger partial charge in [-0.2, -0.15) is 0 Å². The molecule has 0 saturated carbocycles. The first-order valence-electron chi connectivity index (χ1n) is 5.04. The van der Waals surface area contributed by atoms with E-state index in [1.54, 1.807) is 0 Å². The Morgan fingerprint density at radius 3 is 2.05 bits per heavy atom. The van der Waals surface area contributed by atoms with E-state index in [-0.39, 0.29) is 11.4 Å². The van der Waals surface area contributed by atoms with Gasteiger partial charge in [-0.1, -0.05) is 6.92 Å². The van der Waals surface area contributed by atoms with Crippen LogP contribution in [-0.4, -0.2) is 38.9 Å². The summed E-state index contributed by atoms with van der Waals surface area (Å²) in [7, 11) is 0. The average molecular weight is 265 g/mol. The Morgan fingerprint density at radius 2 is 1.58 bits per heavy atom. The van der Waals surface area contributed by atoms with Crippen molar-refractivity contribution in [3.8, 4) is 0 Å². The van der Waals surface area contributed by atoms with Gasteiger partial charge in [-0.25, -0.2) is 14.4 Å². The summed E-state index contributed by atoms with van der Waals surface area (Å²) in [6.07, 6.45) is 0. The first kappa shape index (κ1) is 12.6. The third-order valence-corrected chi connectivity index (χ3v) is 2.80. The van der Waals surface area contributed by atoms with Crippen LogP contribution in [0.15, 0.2) is 37.9 Å². The molecule has 0 aromatic rings. The first-order chi connectivity index (χ1) is 8.86. The van der Waals surface area contributed by atoms with E-state index in [2.05, 4.69) is 15.4 Å². The van der Waals surface area contributed by atoms with Crippen LogP contribution in [0.25, 0.3) is 0 Å². The van der Waals surface area contributed by atoms with Crippen LogP contribution < -0.4 is 0 Å². The topological polar surface area (TPSA) is 149 Å². The summed E-state index contributed by atoms with van der Waals surface area (Å²) < 4.78 is 0. The summed E-state index contributed by atoms with van der Waals surface area (Å²) >= 11 is 0. The first-order valence-corrected chi connectivity index (χ1v) is 5.04. The van der Waals surface area contributed by atoms with Crippen molar-refractivity contribution in [1.82, 2.24) is 0 Å². The number of carboxylic acids is 3. The van der Waals surface area contributed by atoms with E-state index in [0.717, 1.165) is 0 Å². The predicted molar refractivity (Wildman–Crippen MR) is 58.4 cm³/mol. The van der Waals surface area contributed by atoms with E-state index in [9.17, 15) is 14.4 Å². The van der Waals surface area contributed by atoms with Crippen molar-refractivity contribution < 1.29 is 29.7 Å². The number of hydrogen-bond donors (Lipinski definition) is 3. The summed E-state index contributed by atoms with van der Waals surface area (Å²) in [5.74, 6) is -5.66. The smallest absolute Gasteiger partial charge is 0.338 e. The summed E-state index contributed by atoms with van der Waals surface area (Å²) in [6, 6.07) is 0. The molecule has 0 radical (unpaired) electrons. The lowest BCUT2D eigenvalue weighted by atomic mass is 9.80. The molecule has 98 valence electrons. The Morgan fingerprint density at radius 1 is 1.00 bits per heavy atom. The fourth-order valence-electron chi connectivity index (χ4n) is 2.01. The minimum absolute atomic E-state index is 0.0415. The largest absolute Gasteiger partial charge is 0.478 e. The molecule has 0 bridgehead atoms. The molecule has 1 aliphatic carbocycles. The molecule has 19 heavy (non-hydrogen) atoms. The van der Waals surface area contributed by atoms with Crippen LogP contribution in [0, 0.1) is 5.92 Å². The average Bonchev–Trinajstić information content (AvgIpc) is 2.76. The number of carbonyl (C=O) groups is 3. The molecule has 2 rings (SSSR count). The molecule has 9 heteroatoms. The Balaban J connectivity index is 2.84. The van der Waals surface area contributed by atoms with Crippen molar-refractivity contribution in [3.63, 3.8) is 0 Å². The van der Waals surface area contributed by atoms with Crippen LogP contribution in [0.1, 0.15) is 6.92 Å². The lowest BCUT2D eigenvalue weighted by Gasteiger charge is -2.21. The number of carboxylic acid groups (broad SMARTS) is 3. The zero-order chi connectivity index (χ0) is 14.3. The zero-order valence-corrected chi connectivity index (χ0v) is 9.49. The van der Waals surface area contributed by atoms with Crippen LogP contribution in [0.3, 0.4) is 0 Å². The molecule has 0 aromatic heterocycles. The van der Waals surface area contributed by atoms with Gasteiger partial charge in [0.2, 0.25) is 0 Å². The maximum atomic E-state index is 11.2. The molecule has 0 aromatic carbocycles. The lowest BCUT2D eigenvalue weighted by Crippen LogP contribution is -2.31. The lowest BCUT2D eigenvalue weighted by molar-refractivity contribution is -0.137. The quantitative estimate of drug-likeness (QED) is 0.666. The SMILES string of the molecule is CC1C2=NN=NC2=C(C(=O)O)C(C(=O)O)=C1C(=O)O. The maximum absolute atomic E-state index is 11.2. The molecule has 2 aliphatic rings. The van der Waals surface area contributed by atoms with Gasteiger partial charge in [-0.3, -0.25) is 0 Å². The summed E-state index contributed by atoms with van der Waals surface area (Å²) in [5.41, 5.74) is -2.20. The molecule has 1 heterocycles. The number of aliphatic carboxylic acids is 3. The predicted octanol–water partition coefficient (Wildman–Crippen LogP) is 0.262. The highest BCUT2D eigenvalue weighted by Gasteiger charge is 2.42. The molecule has 1 atom stereocenters. The van der Waals surface area contributed by atoms with Crippen molar-refractivity contribution in [2.24, 2.45) is 21.4 Å². The Labute approximate surface area is 105 Å². The molecule has 0 fully saturated rings. The maximum Gasteiger partial charge on any atom is 0.338 e. The molecule has 1 unspecified atom stereocenters. The van der Waals surface area contributed by atoms with Gasteiger partial charge in [0.1, 0.15) is 17.0 Å². The van der Waals surface area contributed by atoms with E-state index < -0.39 is 40.5 Å². The summed E-state index contributed by atoms with van der Waals surface area (Å²) in [5, 5.41) is 37.6. The van der Waals surface area contributed by atoms with Gasteiger partial charge in [-0.05, 0) is 5.22 Å². The summed E-state index contributed by atoms with van der Waals surface area (Å²) in [4.78, 5) is 33.6. The molecule has 0 saturated heterocycles. The van der Waals surface area contributed by atoms with Crippen LogP contribution in [0.2, 0.25) is 0 Å². The fourth-order valence-corrected chi connectivity index (χ4v) is 2.01. The van der Waals surface area contributed by atoms with Gasteiger partial charge in [0.15, 0.2) is 0 Å². The van der Waals surface area contributed by atoms with Crippen molar-refractivity contribution in [1.29, 1.82) is 0 Å². The van der Waals surface area contributed by atoms with E-state index in [1.807, 2.05) is 0 Å². The molecule has 0 spiro atoms. The monoisotopic (exact) mass is 265 g/mol. The zero-order valence-electron chi connectivity index (χ0n) is 9.49. The van der Waals surface area contributed by atoms with E-state index >= 15 is 0 Å². The highest BCUT2D eigenvalue weighted by Crippen LogP contribution is 2.36. The number of fused-ring (bicyclic) bond motifs is 1. The Hall–Kier alpha value is -2.84. The highest BCUT2D eigenvalue weighted by molar-refractivity contribution is 6.22. The molecular weight excluding hydrogens is 258 g/mol. The van der Waals surface area contributed by atoms with Crippen LogP contribution in [-0.2, 0) is 14.4 Å². The second-order valence-corrected chi connectivity index (χ2v) is 3.82. The second kappa shape index (κ2) is 4.12. The molecule has 0 amide bonds. The van der Waals surface area contributed by atoms with E-state index in [4.69, 9.17) is 15.3 Å². The highest BCUT2D eigenvalue weighted by atomic mass is 16.4. The van der Waals surface area contributed by atoms with Crippen molar-refractivity contribution in [2.45, 2.75) is 6.92 Å². The minimum Gasteiger partial charge on any atom is -0.478 e. The fraction of sp³-hybridized carbons (Fsp3) is 0.200. The van der Waals surface area contributed by atoms with Gasteiger partial charge in [0.25, 0.3) is 0 Å². The number of nitrogens with zero attached hydrogens (tertiary/aromatic N) is 3. The van der Waals surface area contributed by atoms with Crippen LogP contribution in [0.5, 0.6) is 0 Å². The van der Waals surface area contributed by atoms with Gasteiger partial charge in [0, 0.05) is 5.92 Å². The third-order valence-electron chi connectivity index (χ3n) is 2.80. The van der Waals surface area contributed by atoms with Crippen LogP contribution in [0.4, 0.5) is 0 Å². The molecule has 9 nitrogen and oxygen atoms in total. The van der Waals surface area contributed by atoms with Gasteiger partial charge in [0.05, 0.1) is 11.1 Å². The van der Waals surface area contributed by atoms with E-state index in [0.29, 0.717) is 0 Å². The second-order valence-electron chi connectivity index (χ2n) is 3.82. The minimum atomic E-state index is -1.64. The normalized spacial score (nSPS) is 21.3.